The lowest BCUT2D eigenvalue weighted by Crippen LogP contribution is -2.51. The Balaban J connectivity index is 1.98. The fourth-order valence-corrected chi connectivity index (χ4v) is 5.28. The van der Waals surface area contributed by atoms with Gasteiger partial charge in [-0.25, -0.2) is 0 Å². The van der Waals surface area contributed by atoms with Crippen molar-refractivity contribution in [2.24, 2.45) is 5.50 Å². The number of rotatable bonds is 4. The van der Waals surface area contributed by atoms with Gasteiger partial charge in [-0.1, -0.05) is 37.3 Å². The number of likely N-dealkylation sites (tertiary alicyclic amines) is 1. The Morgan fingerprint density at radius 1 is 1.10 bits per heavy atom. The minimum atomic E-state index is -4.29. The molecular formula is C20H20F4N3O2P. The first kappa shape index (κ1) is 21.0. The molecule has 2 aliphatic heterocycles. The molecule has 0 spiro atoms. The number of carbonyl (C=O) groups excluding carboxylic acids is 1. The average molecular weight is 441 g/mol. The molecule has 10 heteroatoms. The van der Waals surface area contributed by atoms with Crippen LogP contribution in [0.2, 0.25) is 0 Å². The van der Waals surface area contributed by atoms with Crippen molar-refractivity contribution < 1.29 is 27.5 Å². The van der Waals surface area contributed by atoms with E-state index in [1.54, 1.807) is 18.2 Å². The number of anilines is 1. The number of amides is 1. The molecule has 0 bridgehead atoms. The number of phenolic OH excluding ortho intramolecular Hbond substituents is 1. The lowest BCUT2D eigenvalue weighted by Gasteiger charge is -2.37. The summed E-state index contributed by atoms with van der Waals surface area (Å²) in [5.41, 5.74) is 5.22. The van der Waals surface area contributed by atoms with Gasteiger partial charge in [-0.05, 0) is 31.9 Å². The van der Waals surface area contributed by atoms with Gasteiger partial charge in [-0.3, -0.25) is 9.69 Å². The normalized spacial score (nSPS) is 25.7. The fraction of sp³-hybridized carbons (Fsp3) is 0.350. The second-order valence-electron chi connectivity index (χ2n) is 7.46. The number of fused-ring (bicyclic) bond motifs is 1. The summed E-state index contributed by atoms with van der Waals surface area (Å²) in [6.07, 6.45) is 0.619. The summed E-state index contributed by atoms with van der Waals surface area (Å²) in [4.78, 5) is 14.2. The van der Waals surface area contributed by atoms with Gasteiger partial charge < -0.3 is 15.9 Å². The van der Waals surface area contributed by atoms with Crippen LogP contribution in [0.4, 0.5) is 23.2 Å². The number of benzene rings is 2. The van der Waals surface area contributed by atoms with Gasteiger partial charge in [0.15, 0.2) is 5.54 Å². The molecular weight excluding hydrogens is 421 g/mol. The van der Waals surface area contributed by atoms with E-state index in [1.807, 2.05) is 6.92 Å². The number of aromatic hydroxyl groups is 1. The van der Waals surface area contributed by atoms with Crippen LogP contribution in [0.25, 0.3) is 0 Å². The molecule has 0 radical (unpaired) electrons. The van der Waals surface area contributed by atoms with Crippen molar-refractivity contribution in [3.8, 4) is 5.75 Å². The molecule has 1 fully saturated rings. The van der Waals surface area contributed by atoms with Crippen molar-refractivity contribution in [2.45, 2.75) is 24.3 Å². The van der Waals surface area contributed by atoms with Crippen LogP contribution < -0.4 is 16.1 Å². The van der Waals surface area contributed by atoms with Gasteiger partial charge in [-0.15, -0.1) is 0 Å². The van der Waals surface area contributed by atoms with E-state index >= 15 is 0 Å². The summed E-state index contributed by atoms with van der Waals surface area (Å²) in [6, 6.07) is 10.3. The Bertz CT molecular complexity index is 986. The summed E-state index contributed by atoms with van der Waals surface area (Å²) in [5, 5.41) is 13.0. The minimum absolute atomic E-state index is 0.102. The standard InChI is InChI=1S/C20H20F4N3O2P/c1-2-30(25)15-5-3-4-14-16(15)26-17(29)20(14,12-6-8-13(28)9-7-12)27-10-18(21,22)19(23,24)11-27/h3-9,28H,2,10-11,25H2,1H3,(H,26,29). The number of carbonyl (C=O) groups is 1. The average Bonchev–Trinajstić information content (AvgIpc) is 3.11. The first-order chi connectivity index (χ1) is 14.0. The SMILES string of the molecule is CCP(N)c1cccc2c1NC(=O)C2(c1ccc(O)cc1)N1CC(F)(F)C(F)(F)C1. The summed E-state index contributed by atoms with van der Waals surface area (Å²) in [6.45, 7) is -0.692. The summed E-state index contributed by atoms with van der Waals surface area (Å²) < 4.78 is 56.6. The van der Waals surface area contributed by atoms with E-state index in [-0.39, 0.29) is 11.3 Å². The van der Waals surface area contributed by atoms with E-state index in [2.05, 4.69) is 5.32 Å². The maximum atomic E-state index is 14.2. The molecule has 0 aliphatic carbocycles. The number of para-hydroxylation sites is 1. The van der Waals surface area contributed by atoms with E-state index in [1.165, 1.54) is 24.3 Å². The summed E-state index contributed by atoms with van der Waals surface area (Å²) >= 11 is 0. The number of nitrogens with two attached hydrogens (primary N) is 1. The first-order valence-corrected chi connectivity index (χ1v) is 10.9. The molecule has 1 saturated heterocycles. The van der Waals surface area contributed by atoms with Crippen LogP contribution >= 0.6 is 8.07 Å². The molecule has 2 aromatic carbocycles. The predicted molar refractivity (Wildman–Crippen MR) is 107 cm³/mol. The highest BCUT2D eigenvalue weighted by Gasteiger charge is 2.68. The molecule has 30 heavy (non-hydrogen) atoms. The lowest BCUT2D eigenvalue weighted by molar-refractivity contribution is -0.172. The summed E-state index contributed by atoms with van der Waals surface area (Å²) in [5.74, 6) is -9.39. The van der Waals surface area contributed by atoms with Crippen LogP contribution in [0, 0.1) is 0 Å². The molecule has 4 N–H and O–H groups in total. The Morgan fingerprint density at radius 2 is 1.70 bits per heavy atom. The molecule has 2 aliphatic rings. The van der Waals surface area contributed by atoms with Gasteiger partial charge in [0.05, 0.1) is 18.8 Å². The number of alkyl halides is 4. The van der Waals surface area contributed by atoms with Crippen molar-refractivity contribution in [3.05, 3.63) is 53.6 Å². The van der Waals surface area contributed by atoms with E-state index < -0.39 is 44.5 Å². The van der Waals surface area contributed by atoms with Gasteiger partial charge in [0.1, 0.15) is 5.75 Å². The van der Waals surface area contributed by atoms with E-state index in [4.69, 9.17) is 5.50 Å². The Hall–Kier alpha value is -2.22. The zero-order valence-electron chi connectivity index (χ0n) is 16.0. The van der Waals surface area contributed by atoms with Crippen LogP contribution in [0.1, 0.15) is 18.1 Å². The van der Waals surface area contributed by atoms with E-state index in [0.29, 0.717) is 22.7 Å². The molecule has 2 atom stereocenters. The number of halogens is 4. The second-order valence-corrected chi connectivity index (χ2v) is 9.52. The quantitative estimate of drug-likeness (QED) is 0.503. The molecule has 5 nitrogen and oxygen atoms in total. The molecule has 2 heterocycles. The van der Waals surface area contributed by atoms with Crippen molar-refractivity contribution in [1.82, 2.24) is 4.90 Å². The van der Waals surface area contributed by atoms with Crippen LogP contribution in [-0.4, -0.2) is 47.0 Å². The third kappa shape index (κ3) is 2.83. The third-order valence-corrected chi connectivity index (χ3v) is 7.40. The highest BCUT2D eigenvalue weighted by atomic mass is 31.1. The maximum Gasteiger partial charge on any atom is 0.323 e. The predicted octanol–water partition coefficient (Wildman–Crippen LogP) is 3.17. The maximum absolute atomic E-state index is 14.2. The Kier molecular flexibility index (Phi) is 4.84. The largest absolute Gasteiger partial charge is 0.508 e. The second kappa shape index (κ2) is 6.90. The molecule has 0 saturated carbocycles. The Labute approximate surface area is 171 Å². The van der Waals surface area contributed by atoms with Crippen molar-refractivity contribution >= 4 is 25.0 Å². The van der Waals surface area contributed by atoms with Crippen LogP contribution in [0.15, 0.2) is 42.5 Å². The number of nitrogens with one attached hydrogen (secondary N) is 1. The highest BCUT2D eigenvalue weighted by molar-refractivity contribution is 7.63. The first-order valence-electron chi connectivity index (χ1n) is 9.32. The lowest BCUT2D eigenvalue weighted by atomic mass is 9.82. The molecule has 2 unspecified atom stereocenters. The monoisotopic (exact) mass is 441 g/mol. The smallest absolute Gasteiger partial charge is 0.323 e. The van der Waals surface area contributed by atoms with Crippen molar-refractivity contribution in [2.75, 3.05) is 24.6 Å². The van der Waals surface area contributed by atoms with E-state index in [0.717, 1.165) is 4.90 Å². The Morgan fingerprint density at radius 3 is 2.27 bits per heavy atom. The fourth-order valence-electron chi connectivity index (χ4n) is 4.20. The van der Waals surface area contributed by atoms with Crippen LogP contribution in [0.5, 0.6) is 5.75 Å². The molecule has 4 rings (SSSR count). The van der Waals surface area contributed by atoms with Crippen molar-refractivity contribution in [1.29, 1.82) is 0 Å². The zero-order chi connectivity index (χ0) is 21.9. The van der Waals surface area contributed by atoms with Gasteiger partial charge in [0.25, 0.3) is 5.91 Å². The van der Waals surface area contributed by atoms with Crippen LogP contribution in [-0.2, 0) is 10.3 Å². The van der Waals surface area contributed by atoms with Crippen LogP contribution in [0.3, 0.4) is 0 Å². The molecule has 2 aromatic rings. The van der Waals surface area contributed by atoms with Gasteiger partial charge >= 0.3 is 11.8 Å². The number of phenols is 1. The molecule has 160 valence electrons. The van der Waals surface area contributed by atoms with Crippen molar-refractivity contribution in [3.63, 3.8) is 0 Å². The van der Waals surface area contributed by atoms with Gasteiger partial charge in [0, 0.05) is 10.9 Å². The summed E-state index contributed by atoms with van der Waals surface area (Å²) in [7, 11) is -1.13. The minimum Gasteiger partial charge on any atom is -0.508 e. The van der Waals surface area contributed by atoms with E-state index in [9.17, 15) is 27.5 Å². The number of nitrogens with zero attached hydrogens (tertiary/aromatic N) is 1. The molecule has 1 amide bonds. The molecule has 0 aromatic heterocycles. The third-order valence-electron chi connectivity index (χ3n) is 5.72. The number of hydrogen-bond donors (Lipinski definition) is 3. The highest BCUT2D eigenvalue weighted by Crippen LogP contribution is 2.52. The topological polar surface area (TPSA) is 78.6 Å². The number of hydrogen-bond acceptors (Lipinski definition) is 4. The van der Waals surface area contributed by atoms with Gasteiger partial charge in [-0.2, -0.15) is 17.6 Å². The van der Waals surface area contributed by atoms with Gasteiger partial charge in [0.2, 0.25) is 0 Å². The zero-order valence-corrected chi connectivity index (χ0v) is 16.9.